The first kappa shape index (κ1) is 24.8. The van der Waals surface area contributed by atoms with Crippen LogP contribution < -0.4 is 0 Å². The first-order valence-corrected chi connectivity index (χ1v) is 15.8. The topological polar surface area (TPSA) is 57.7 Å². The molecule has 0 unspecified atom stereocenters. The third kappa shape index (κ3) is 5.04. The minimum absolute atomic E-state index is 0.0503. The Balaban J connectivity index is 1.23. The van der Waals surface area contributed by atoms with E-state index in [9.17, 15) is 12.6 Å². The van der Waals surface area contributed by atoms with Crippen LogP contribution in [-0.4, -0.2) is 60.8 Å². The van der Waals surface area contributed by atoms with Crippen molar-refractivity contribution in [3.8, 4) is 0 Å². The van der Waals surface area contributed by atoms with Crippen LogP contribution in [0.25, 0.3) is 0 Å². The lowest BCUT2D eigenvalue weighted by Crippen LogP contribution is -2.44. The van der Waals surface area contributed by atoms with Crippen LogP contribution in [0.4, 0.5) is 0 Å². The zero-order valence-electron chi connectivity index (χ0n) is 20.0. The standard InChI is InChI=1S/C27H32N2O3S3/c1-28(35(31,32)24-7-3-2-4-8-24)19-22(23-12-18-33-20-23)11-15-29-16-13-27(14-17-29)21-34(30)26-10-6-5-9-25(26)27/h2-10,12,18,20,22H,11,13-17,19,21H2,1H3/t22-,34-/m0/s1. The van der Waals surface area contributed by atoms with E-state index in [1.807, 2.05) is 18.2 Å². The largest absolute Gasteiger partial charge is 0.303 e. The number of piperidine rings is 1. The Hall–Kier alpha value is -1.84. The van der Waals surface area contributed by atoms with Crippen LogP contribution in [0.15, 0.2) is 81.2 Å². The number of likely N-dealkylation sites (tertiary alicyclic amines) is 1. The molecule has 0 N–H and O–H groups in total. The van der Waals surface area contributed by atoms with Gasteiger partial charge in [-0.25, -0.2) is 12.7 Å². The molecule has 5 rings (SSSR count). The van der Waals surface area contributed by atoms with E-state index in [1.54, 1.807) is 42.6 Å². The fourth-order valence-electron chi connectivity index (χ4n) is 5.52. The highest BCUT2D eigenvalue weighted by Gasteiger charge is 2.44. The van der Waals surface area contributed by atoms with Crippen molar-refractivity contribution in [3.05, 3.63) is 82.6 Å². The van der Waals surface area contributed by atoms with Gasteiger partial charge in [-0.1, -0.05) is 36.4 Å². The van der Waals surface area contributed by atoms with Gasteiger partial charge in [-0.15, -0.1) is 0 Å². The number of sulfonamides is 1. The fourth-order valence-corrected chi connectivity index (χ4v) is 9.36. The summed E-state index contributed by atoms with van der Waals surface area (Å²) < 4.78 is 40.4. The van der Waals surface area contributed by atoms with E-state index in [0.717, 1.165) is 49.5 Å². The van der Waals surface area contributed by atoms with E-state index < -0.39 is 20.8 Å². The van der Waals surface area contributed by atoms with Crippen LogP contribution in [-0.2, 0) is 26.2 Å². The van der Waals surface area contributed by atoms with Gasteiger partial charge in [0.05, 0.1) is 15.7 Å². The molecule has 1 spiro atoms. The number of likely N-dealkylation sites (N-methyl/N-ethyl adjacent to an activating group) is 1. The van der Waals surface area contributed by atoms with Crippen LogP contribution in [0.2, 0.25) is 0 Å². The van der Waals surface area contributed by atoms with Gasteiger partial charge in [0.1, 0.15) is 0 Å². The molecule has 2 aromatic carbocycles. The maximum Gasteiger partial charge on any atom is 0.242 e. The molecule has 0 saturated carbocycles. The van der Waals surface area contributed by atoms with Crippen LogP contribution in [0.3, 0.4) is 0 Å². The molecule has 1 saturated heterocycles. The number of nitrogens with zero attached hydrogens (tertiary/aromatic N) is 2. The molecular weight excluding hydrogens is 497 g/mol. The molecule has 1 fully saturated rings. The van der Waals surface area contributed by atoms with Crippen molar-refractivity contribution in [1.29, 1.82) is 0 Å². The zero-order valence-corrected chi connectivity index (χ0v) is 22.5. The molecule has 0 bridgehead atoms. The maximum absolute atomic E-state index is 13.1. The molecule has 2 aliphatic heterocycles. The maximum atomic E-state index is 13.1. The average molecular weight is 529 g/mol. The van der Waals surface area contributed by atoms with Gasteiger partial charge in [-0.2, -0.15) is 11.3 Å². The lowest BCUT2D eigenvalue weighted by Gasteiger charge is -2.40. The summed E-state index contributed by atoms with van der Waals surface area (Å²) in [5.74, 6) is 0.889. The highest BCUT2D eigenvalue weighted by atomic mass is 32.2. The number of rotatable bonds is 8. The van der Waals surface area contributed by atoms with Gasteiger partial charge in [0, 0.05) is 29.7 Å². The highest BCUT2D eigenvalue weighted by molar-refractivity contribution is 7.89. The van der Waals surface area contributed by atoms with Crippen molar-refractivity contribution in [2.45, 2.75) is 40.4 Å². The summed E-state index contributed by atoms with van der Waals surface area (Å²) in [5, 5.41) is 4.21. The Morgan fingerprint density at radius 3 is 2.49 bits per heavy atom. The molecule has 5 nitrogen and oxygen atoms in total. The number of thiophene rings is 1. The van der Waals surface area contributed by atoms with Crippen molar-refractivity contribution in [3.63, 3.8) is 0 Å². The number of benzene rings is 2. The fraction of sp³-hybridized carbons (Fsp3) is 0.407. The second kappa shape index (κ2) is 10.3. The second-order valence-corrected chi connectivity index (χ2v) is 14.0. The SMILES string of the molecule is CN(C[C@H](CCN1CCC2(CC1)C[S@](=O)c1ccccc12)c1ccsc1)S(=O)(=O)c1ccccc1. The molecule has 3 heterocycles. The number of fused-ring (bicyclic) bond motifs is 2. The van der Waals surface area contributed by atoms with Gasteiger partial charge < -0.3 is 4.90 Å². The molecule has 0 radical (unpaired) electrons. The van der Waals surface area contributed by atoms with Gasteiger partial charge in [-0.05, 0) is 91.0 Å². The lowest BCUT2D eigenvalue weighted by atomic mass is 9.74. The molecule has 2 aliphatic rings. The zero-order chi connectivity index (χ0) is 24.5. The quantitative estimate of drug-likeness (QED) is 0.425. The molecule has 8 heteroatoms. The van der Waals surface area contributed by atoms with Crippen molar-refractivity contribution >= 4 is 32.2 Å². The van der Waals surface area contributed by atoms with E-state index in [-0.39, 0.29) is 11.3 Å². The lowest BCUT2D eigenvalue weighted by molar-refractivity contribution is 0.165. The summed E-state index contributed by atoms with van der Waals surface area (Å²) in [6.07, 6.45) is 2.96. The van der Waals surface area contributed by atoms with E-state index in [0.29, 0.717) is 11.4 Å². The van der Waals surface area contributed by atoms with E-state index in [1.165, 1.54) is 15.4 Å². The highest BCUT2D eigenvalue weighted by Crippen LogP contribution is 2.44. The van der Waals surface area contributed by atoms with Crippen molar-refractivity contribution in [1.82, 2.24) is 9.21 Å². The molecular formula is C27H32N2O3S3. The molecule has 35 heavy (non-hydrogen) atoms. The Morgan fingerprint density at radius 2 is 1.77 bits per heavy atom. The van der Waals surface area contributed by atoms with Crippen molar-refractivity contribution in [2.24, 2.45) is 0 Å². The van der Waals surface area contributed by atoms with Crippen molar-refractivity contribution < 1.29 is 12.6 Å². The Bertz CT molecular complexity index is 1270. The summed E-state index contributed by atoms with van der Waals surface area (Å²) in [6, 6.07) is 19.0. The van der Waals surface area contributed by atoms with Crippen molar-refractivity contribution in [2.75, 3.05) is 39.0 Å². The Kier molecular flexibility index (Phi) is 7.28. The smallest absolute Gasteiger partial charge is 0.242 e. The molecule has 186 valence electrons. The molecule has 3 aromatic rings. The minimum Gasteiger partial charge on any atom is -0.303 e. The predicted octanol–water partition coefficient (Wildman–Crippen LogP) is 4.70. The van der Waals surface area contributed by atoms with Gasteiger partial charge in [0.2, 0.25) is 10.0 Å². The normalized spacial score (nSPS) is 20.8. The minimum atomic E-state index is -3.52. The second-order valence-electron chi connectivity index (χ2n) is 9.75. The summed E-state index contributed by atoms with van der Waals surface area (Å²) in [7, 11) is -2.73. The summed E-state index contributed by atoms with van der Waals surface area (Å²) in [5.41, 5.74) is 2.55. The van der Waals surface area contributed by atoms with Crippen LogP contribution in [0, 0.1) is 0 Å². The first-order chi connectivity index (χ1) is 16.9. The number of hydrogen-bond donors (Lipinski definition) is 0. The van der Waals surface area contributed by atoms with Gasteiger partial charge in [0.15, 0.2) is 0 Å². The molecule has 0 amide bonds. The first-order valence-electron chi connectivity index (χ1n) is 12.1. The van der Waals surface area contributed by atoms with Gasteiger partial charge >= 0.3 is 0 Å². The average Bonchev–Trinajstić information content (AvgIpc) is 3.51. The summed E-state index contributed by atoms with van der Waals surface area (Å²) in [6.45, 7) is 3.36. The van der Waals surface area contributed by atoms with E-state index in [4.69, 9.17) is 0 Å². The molecule has 0 aliphatic carbocycles. The Morgan fingerprint density at radius 1 is 1.06 bits per heavy atom. The third-order valence-corrected chi connectivity index (χ3v) is 11.9. The van der Waals surface area contributed by atoms with E-state index in [2.05, 4.69) is 33.9 Å². The third-order valence-electron chi connectivity index (χ3n) is 7.66. The predicted molar refractivity (Wildman–Crippen MR) is 143 cm³/mol. The molecule has 1 aromatic heterocycles. The Labute approximate surface area is 215 Å². The van der Waals surface area contributed by atoms with Gasteiger partial charge in [0.25, 0.3) is 0 Å². The monoisotopic (exact) mass is 528 g/mol. The summed E-state index contributed by atoms with van der Waals surface area (Å²) in [4.78, 5) is 3.86. The van der Waals surface area contributed by atoms with Crippen LogP contribution >= 0.6 is 11.3 Å². The number of hydrogen-bond acceptors (Lipinski definition) is 5. The van der Waals surface area contributed by atoms with Crippen LogP contribution in [0.1, 0.15) is 36.3 Å². The summed E-state index contributed by atoms with van der Waals surface area (Å²) >= 11 is 1.66. The van der Waals surface area contributed by atoms with Crippen LogP contribution in [0.5, 0.6) is 0 Å². The van der Waals surface area contributed by atoms with Gasteiger partial charge in [-0.3, -0.25) is 4.21 Å². The van der Waals surface area contributed by atoms with E-state index >= 15 is 0 Å². The molecule has 2 atom stereocenters.